The standard InChI is InChI=1S/C16H20N2O4/c1-15(2,12-17-16(3,4)13(19)22-12)18-14(20)21-10-11-8-6-5-7-9-11/h5-9H,10H2,1-4H3,(H,18,20). The highest BCUT2D eigenvalue weighted by Gasteiger charge is 2.43. The van der Waals surface area contributed by atoms with Crippen molar-refractivity contribution in [2.24, 2.45) is 4.99 Å². The van der Waals surface area contributed by atoms with E-state index in [9.17, 15) is 9.59 Å². The van der Waals surface area contributed by atoms with Crippen LogP contribution >= 0.6 is 0 Å². The maximum absolute atomic E-state index is 11.9. The summed E-state index contributed by atoms with van der Waals surface area (Å²) in [6.45, 7) is 6.88. The molecule has 0 unspecified atom stereocenters. The Labute approximate surface area is 129 Å². The fraction of sp³-hybridized carbons (Fsp3) is 0.438. The Balaban J connectivity index is 1.94. The minimum atomic E-state index is -0.933. The summed E-state index contributed by atoms with van der Waals surface area (Å²) in [4.78, 5) is 27.8. The molecule has 1 aromatic carbocycles. The van der Waals surface area contributed by atoms with Gasteiger partial charge in [-0.15, -0.1) is 0 Å². The quantitative estimate of drug-likeness (QED) is 0.867. The second-order valence-electron chi connectivity index (χ2n) is 6.18. The minimum absolute atomic E-state index is 0.167. The number of nitrogens with zero attached hydrogens (tertiary/aromatic N) is 1. The van der Waals surface area contributed by atoms with Crippen molar-refractivity contribution < 1.29 is 19.1 Å². The Morgan fingerprint density at radius 1 is 1.32 bits per heavy atom. The highest BCUT2D eigenvalue weighted by Crippen LogP contribution is 2.24. The van der Waals surface area contributed by atoms with E-state index in [2.05, 4.69) is 10.3 Å². The van der Waals surface area contributed by atoms with Gasteiger partial charge < -0.3 is 14.8 Å². The molecule has 1 heterocycles. The van der Waals surface area contributed by atoms with Gasteiger partial charge in [0.15, 0.2) is 5.54 Å². The number of carbonyl (C=O) groups is 2. The monoisotopic (exact) mass is 304 g/mol. The van der Waals surface area contributed by atoms with Crippen LogP contribution in [0, 0.1) is 0 Å². The predicted octanol–water partition coefficient (Wildman–Crippen LogP) is 2.43. The molecule has 0 bridgehead atoms. The first-order valence-electron chi connectivity index (χ1n) is 7.02. The molecule has 0 radical (unpaired) electrons. The molecule has 6 heteroatoms. The Hall–Kier alpha value is -2.37. The number of cyclic esters (lactones) is 1. The van der Waals surface area contributed by atoms with Gasteiger partial charge in [-0.1, -0.05) is 30.3 Å². The number of hydrogen-bond acceptors (Lipinski definition) is 5. The van der Waals surface area contributed by atoms with Gasteiger partial charge in [0.1, 0.15) is 12.1 Å². The van der Waals surface area contributed by atoms with Gasteiger partial charge >= 0.3 is 12.1 Å². The number of nitrogens with one attached hydrogen (secondary N) is 1. The molecule has 1 N–H and O–H groups in total. The molecule has 0 fully saturated rings. The molecule has 6 nitrogen and oxygen atoms in total. The van der Waals surface area contributed by atoms with Crippen LogP contribution in [0.25, 0.3) is 0 Å². The molecule has 0 aliphatic carbocycles. The van der Waals surface area contributed by atoms with Crippen molar-refractivity contribution >= 4 is 18.0 Å². The van der Waals surface area contributed by atoms with E-state index >= 15 is 0 Å². The highest BCUT2D eigenvalue weighted by molar-refractivity contribution is 6.04. The van der Waals surface area contributed by atoms with Gasteiger partial charge in [0, 0.05) is 0 Å². The lowest BCUT2D eigenvalue weighted by molar-refractivity contribution is -0.138. The van der Waals surface area contributed by atoms with E-state index in [-0.39, 0.29) is 12.5 Å². The Morgan fingerprint density at radius 3 is 2.50 bits per heavy atom. The molecule has 0 aromatic heterocycles. The molecule has 22 heavy (non-hydrogen) atoms. The van der Waals surface area contributed by atoms with Crippen molar-refractivity contribution in [1.29, 1.82) is 0 Å². The smallest absolute Gasteiger partial charge is 0.408 e. The zero-order valence-corrected chi connectivity index (χ0v) is 13.2. The van der Waals surface area contributed by atoms with E-state index in [0.29, 0.717) is 0 Å². The van der Waals surface area contributed by atoms with Crippen LogP contribution in [-0.2, 0) is 20.9 Å². The average Bonchev–Trinajstić information content (AvgIpc) is 2.72. The lowest BCUT2D eigenvalue weighted by atomic mass is 10.1. The molecule has 1 amide bonds. The van der Waals surface area contributed by atoms with Gasteiger partial charge in [0.05, 0.1) is 0 Å². The third-order valence-electron chi connectivity index (χ3n) is 3.23. The first-order valence-corrected chi connectivity index (χ1v) is 7.02. The van der Waals surface area contributed by atoms with E-state index < -0.39 is 23.1 Å². The molecule has 0 saturated carbocycles. The third-order valence-corrected chi connectivity index (χ3v) is 3.23. The number of aliphatic imine (C=N–C) groups is 1. The molecule has 1 aromatic rings. The summed E-state index contributed by atoms with van der Waals surface area (Å²) in [7, 11) is 0. The number of benzene rings is 1. The highest BCUT2D eigenvalue weighted by atomic mass is 16.6. The van der Waals surface area contributed by atoms with Gasteiger partial charge in [-0.25, -0.2) is 14.6 Å². The summed E-state index contributed by atoms with van der Waals surface area (Å²) in [5.41, 5.74) is -0.972. The molecule has 0 spiro atoms. The molecule has 2 rings (SSSR count). The third kappa shape index (κ3) is 3.63. The van der Waals surface area contributed by atoms with Crippen LogP contribution < -0.4 is 5.32 Å². The first kappa shape index (κ1) is 16.0. The topological polar surface area (TPSA) is 77.0 Å². The maximum atomic E-state index is 11.9. The maximum Gasteiger partial charge on any atom is 0.408 e. The minimum Gasteiger partial charge on any atom is -0.445 e. The van der Waals surface area contributed by atoms with Gasteiger partial charge in [-0.2, -0.15) is 0 Å². The Kier molecular flexibility index (Phi) is 4.21. The number of ether oxygens (including phenoxy) is 2. The van der Waals surface area contributed by atoms with E-state index in [4.69, 9.17) is 9.47 Å². The summed E-state index contributed by atoms with van der Waals surface area (Å²) in [5.74, 6) is -0.255. The van der Waals surface area contributed by atoms with Crippen molar-refractivity contribution in [3.8, 4) is 0 Å². The normalized spacial score (nSPS) is 16.7. The summed E-state index contributed by atoms with van der Waals surface area (Å²) in [6, 6.07) is 9.36. The molecule has 1 aliphatic rings. The van der Waals surface area contributed by atoms with Crippen molar-refractivity contribution in [1.82, 2.24) is 5.32 Å². The van der Waals surface area contributed by atoms with E-state index in [0.717, 1.165) is 5.56 Å². The van der Waals surface area contributed by atoms with Gasteiger partial charge in [0.25, 0.3) is 0 Å². The van der Waals surface area contributed by atoms with Crippen molar-refractivity contribution in [3.63, 3.8) is 0 Å². The van der Waals surface area contributed by atoms with Crippen LogP contribution in [0.2, 0.25) is 0 Å². The largest absolute Gasteiger partial charge is 0.445 e. The fourth-order valence-electron chi connectivity index (χ4n) is 1.87. The number of hydrogen-bond donors (Lipinski definition) is 1. The Bertz CT molecular complexity index is 606. The van der Waals surface area contributed by atoms with Crippen LogP contribution in [0.5, 0.6) is 0 Å². The second kappa shape index (κ2) is 5.79. The van der Waals surface area contributed by atoms with Gasteiger partial charge in [0.2, 0.25) is 5.90 Å². The predicted molar refractivity (Wildman–Crippen MR) is 81.4 cm³/mol. The van der Waals surface area contributed by atoms with Crippen molar-refractivity contribution in [2.75, 3.05) is 0 Å². The lowest BCUT2D eigenvalue weighted by Gasteiger charge is -2.24. The number of esters is 1. The zero-order valence-electron chi connectivity index (χ0n) is 13.2. The number of carbonyl (C=O) groups excluding carboxylic acids is 2. The van der Waals surface area contributed by atoms with Crippen molar-refractivity contribution in [3.05, 3.63) is 35.9 Å². The summed E-state index contributed by atoms with van der Waals surface area (Å²) >= 11 is 0. The molecular formula is C16H20N2O4. The number of rotatable bonds is 4. The molecule has 118 valence electrons. The van der Waals surface area contributed by atoms with E-state index in [1.807, 2.05) is 30.3 Å². The van der Waals surface area contributed by atoms with Crippen LogP contribution in [0.15, 0.2) is 35.3 Å². The SMILES string of the molecule is CC1(C)N=C(C(C)(C)NC(=O)OCc2ccccc2)OC1=O. The lowest BCUT2D eigenvalue weighted by Crippen LogP contribution is -2.50. The van der Waals surface area contributed by atoms with E-state index in [1.54, 1.807) is 27.7 Å². The summed E-state index contributed by atoms with van der Waals surface area (Å²) in [5, 5.41) is 2.66. The molecule has 0 atom stereocenters. The van der Waals surface area contributed by atoms with Gasteiger partial charge in [-0.05, 0) is 33.3 Å². The molecular weight excluding hydrogens is 284 g/mol. The first-order chi connectivity index (χ1) is 10.2. The number of alkyl carbamates (subject to hydrolysis) is 1. The second-order valence-corrected chi connectivity index (χ2v) is 6.18. The van der Waals surface area contributed by atoms with Crippen molar-refractivity contribution in [2.45, 2.75) is 45.4 Å². The molecule has 0 saturated heterocycles. The van der Waals surface area contributed by atoms with Gasteiger partial charge in [-0.3, -0.25) is 0 Å². The summed E-state index contributed by atoms with van der Waals surface area (Å²) in [6.07, 6.45) is -0.600. The summed E-state index contributed by atoms with van der Waals surface area (Å²) < 4.78 is 10.3. The van der Waals surface area contributed by atoms with Crippen LogP contribution in [-0.4, -0.2) is 29.0 Å². The Morgan fingerprint density at radius 2 is 1.95 bits per heavy atom. The molecule has 1 aliphatic heterocycles. The fourth-order valence-corrected chi connectivity index (χ4v) is 1.87. The number of amides is 1. The zero-order chi connectivity index (χ0) is 16.4. The van der Waals surface area contributed by atoms with Crippen LogP contribution in [0.3, 0.4) is 0 Å². The average molecular weight is 304 g/mol. The van der Waals surface area contributed by atoms with E-state index in [1.165, 1.54) is 0 Å². The van der Waals surface area contributed by atoms with Crippen LogP contribution in [0.1, 0.15) is 33.3 Å². The van der Waals surface area contributed by atoms with Crippen LogP contribution in [0.4, 0.5) is 4.79 Å².